The van der Waals surface area contributed by atoms with Gasteiger partial charge in [-0.1, -0.05) is 11.6 Å². The van der Waals surface area contributed by atoms with Crippen molar-refractivity contribution in [2.75, 3.05) is 0 Å². The first-order valence-corrected chi connectivity index (χ1v) is 6.28. The van der Waals surface area contributed by atoms with Crippen LogP contribution in [0.3, 0.4) is 0 Å². The minimum atomic E-state index is -5.01. The molecule has 0 saturated carbocycles. The second-order valence-electron chi connectivity index (χ2n) is 2.58. The lowest BCUT2D eigenvalue weighted by molar-refractivity contribution is -0.275. The smallest absolute Gasteiger partial charge is 0.404 e. The SMILES string of the molecule is O=S(=O)(Cl)c1cc(Cl)ccc1OC(F)(F)F. The molecule has 0 fully saturated rings. The van der Waals surface area contributed by atoms with Gasteiger partial charge in [0.15, 0.2) is 0 Å². The van der Waals surface area contributed by atoms with Crippen LogP contribution in [0.5, 0.6) is 5.75 Å². The summed E-state index contributed by atoms with van der Waals surface area (Å²) in [6.45, 7) is 0. The summed E-state index contributed by atoms with van der Waals surface area (Å²) >= 11 is 5.43. The Morgan fingerprint density at radius 2 is 1.81 bits per heavy atom. The van der Waals surface area contributed by atoms with Gasteiger partial charge in [-0.3, -0.25) is 0 Å². The number of hydrogen-bond donors (Lipinski definition) is 0. The molecule has 0 unspecified atom stereocenters. The molecule has 0 radical (unpaired) electrons. The molecular formula is C7H3Cl2F3O3S. The standard InChI is InChI=1S/C7H3Cl2F3O3S/c8-4-1-2-5(15-7(10,11)12)6(3-4)16(9,13)14/h1-3H. The molecule has 9 heteroatoms. The third kappa shape index (κ3) is 3.73. The summed E-state index contributed by atoms with van der Waals surface area (Å²) in [5.41, 5.74) is 0. The molecule has 1 rings (SSSR count). The maximum absolute atomic E-state index is 11.9. The summed E-state index contributed by atoms with van der Waals surface area (Å²) in [4.78, 5) is -0.834. The molecule has 3 nitrogen and oxygen atoms in total. The number of hydrogen-bond acceptors (Lipinski definition) is 3. The molecule has 0 saturated heterocycles. The number of halogens is 5. The molecule has 90 valence electrons. The predicted molar refractivity (Wildman–Crippen MR) is 51.2 cm³/mol. The largest absolute Gasteiger partial charge is 0.573 e. The Hall–Kier alpha value is -0.660. The highest BCUT2D eigenvalue weighted by molar-refractivity contribution is 8.13. The van der Waals surface area contributed by atoms with Crippen LogP contribution in [0.1, 0.15) is 0 Å². The summed E-state index contributed by atoms with van der Waals surface area (Å²) in [6, 6.07) is 2.59. The molecule has 16 heavy (non-hydrogen) atoms. The van der Waals surface area contributed by atoms with Gasteiger partial charge in [0.25, 0.3) is 9.05 Å². The minimum Gasteiger partial charge on any atom is -0.404 e. The second-order valence-corrected chi connectivity index (χ2v) is 5.55. The zero-order chi connectivity index (χ0) is 12.6. The van der Waals surface area contributed by atoms with Crippen LogP contribution in [0.4, 0.5) is 13.2 Å². The highest BCUT2D eigenvalue weighted by Crippen LogP contribution is 2.33. The van der Waals surface area contributed by atoms with Crippen LogP contribution < -0.4 is 4.74 Å². The number of rotatable bonds is 2. The molecule has 0 amide bonds. The van der Waals surface area contributed by atoms with E-state index in [0.29, 0.717) is 0 Å². The summed E-state index contributed by atoms with van der Waals surface area (Å²) in [7, 11) is 0.565. The Balaban J connectivity index is 3.30. The van der Waals surface area contributed by atoms with Crippen molar-refractivity contribution in [3.8, 4) is 5.75 Å². The van der Waals surface area contributed by atoms with Crippen LogP contribution in [0.15, 0.2) is 23.1 Å². The van der Waals surface area contributed by atoms with Crippen molar-refractivity contribution in [3.63, 3.8) is 0 Å². The van der Waals surface area contributed by atoms with Gasteiger partial charge in [-0.15, -0.1) is 13.2 Å². The third-order valence-electron chi connectivity index (χ3n) is 1.39. The maximum atomic E-state index is 11.9. The molecule has 0 N–H and O–H groups in total. The van der Waals surface area contributed by atoms with Gasteiger partial charge in [0, 0.05) is 15.7 Å². The van der Waals surface area contributed by atoms with E-state index in [9.17, 15) is 21.6 Å². The van der Waals surface area contributed by atoms with Crippen molar-refractivity contribution < 1.29 is 26.3 Å². The van der Waals surface area contributed by atoms with Crippen LogP contribution in [0, 0.1) is 0 Å². The first kappa shape index (κ1) is 13.4. The lowest BCUT2D eigenvalue weighted by Gasteiger charge is -2.11. The quantitative estimate of drug-likeness (QED) is 0.787. The highest BCUT2D eigenvalue weighted by atomic mass is 35.7. The Morgan fingerprint density at radius 1 is 1.25 bits per heavy atom. The molecule has 0 aromatic heterocycles. The first-order valence-electron chi connectivity index (χ1n) is 3.59. The van der Waals surface area contributed by atoms with Crippen LogP contribution in [-0.2, 0) is 9.05 Å². The minimum absolute atomic E-state index is 0.0752. The zero-order valence-corrected chi connectivity index (χ0v) is 9.58. The number of ether oxygens (including phenoxy) is 1. The average molecular weight is 295 g/mol. The summed E-state index contributed by atoms with van der Waals surface area (Å²) < 4.78 is 61.1. The van der Waals surface area contributed by atoms with Crippen LogP contribution in [0.25, 0.3) is 0 Å². The van der Waals surface area contributed by atoms with Gasteiger partial charge in [0.1, 0.15) is 10.6 Å². The topological polar surface area (TPSA) is 43.4 Å². The van der Waals surface area contributed by atoms with Crippen LogP contribution in [0.2, 0.25) is 5.02 Å². The van der Waals surface area contributed by atoms with E-state index in [2.05, 4.69) is 4.74 Å². The Kier molecular flexibility index (Phi) is 3.61. The van der Waals surface area contributed by atoms with Gasteiger partial charge in [-0.2, -0.15) is 0 Å². The van der Waals surface area contributed by atoms with Crippen molar-refractivity contribution in [1.29, 1.82) is 0 Å². The molecule has 0 aliphatic carbocycles. The molecule has 1 aromatic rings. The fraction of sp³-hybridized carbons (Fsp3) is 0.143. The summed E-state index contributed by atoms with van der Waals surface area (Å²) in [5, 5.41) is -0.0752. The van der Waals surface area contributed by atoms with Crippen molar-refractivity contribution in [3.05, 3.63) is 23.2 Å². The maximum Gasteiger partial charge on any atom is 0.573 e. The van der Waals surface area contributed by atoms with Gasteiger partial charge in [-0.25, -0.2) is 8.42 Å². The van der Waals surface area contributed by atoms with E-state index in [-0.39, 0.29) is 5.02 Å². The van der Waals surface area contributed by atoms with Gasteiger partial charge >= 0.3 is 6.36 Å². The molecule has 0 bridgehead atoms. The van der Waals surface area contributed by atoms with E-state index in [1.807, 2.05) is 0 Å². The van der Waals surface area contributed by atoms with Gasteiger partial charge < -0.3 is 4.74 Å². The molecule has 0 aliphatic heterocycles. The lowest BCUT2D eigenvalue weighted by Crippen LogP contribution is -2.18. The van der Waals surface area contributed by atoms with Crippen molar-refractivity contribution in [2.24, 2.45) is 0 Å². The van der Waals surface area contributed by atoms with E-state index < -0.39 is 26.1 Å². The second kappa shape index (κ2) is 4.31. The van der Waals surface area contributed by atoms with Gasteiger partial charge in [-0.05, 0) is 18.2 Å². The number of benzene rings is 1. The number of alkyl halides is 3. The van der Waals surface area contributed by atoms with E-state index in [0.717, 1.165) is 18.2 Å². The lowest BCUT2D eigenvalue weighted by atomic mass is 10.3. The predicted octanol–water partition coefficient (Wildman–Crippen LogP) is 3.17. The van der Waals surface area contributed by atoms with Crippen molar-refractivity contribution in [1.82, 2.24) is 0 Å². The van der Waals surface area contributed by atoms with Gasteiger partial charge in [0.05, 0.1) is 0 Å². The van der Waals surface area contributed by atoms with Crippen molar-refractivity contribution in [2.45, 2.75) is 11.3 Å². The van der Waals surface area contributed by atoms with E-state index in [1.165, 1.54) is 0 Å². The van der Waals surface area contributed by atoms with E-state index >= 15 is 0 Å². The Labute approximate surface area is 98.1 Å². The monoisotopic (exact) mass is 294 g/mol. The summed E-state index contributed by atoms with van der Waals surface area (Å²) in [6.07, 6.45) is -5.01. The van der Waals surface area contributed by atoms with Crippen LogP contribution in [-0.4, -0.2) is 14.8 Å². The molecule has 0 spiro atoms. The zero-order valence-electron chi connectivity index (χ0n) is 7.25. The Bertz CT molecular complexity index is 498. The van der Waals surface area contributed by atoms with Crippen molar-refractivity contribution >= 4 is 31.3 Å². The summed E-state index contributed by atoms with van der Waals surface area (Å²) in [5.74, 6) is -0.924. The fourth-order valence-electron chi connectivity index (χ4n) is 0.881. The third-order valence-corrected chi connectivity index (χ3v) is 2.97. The average Bonchev–Trinajstić information content (AvgIpc) is 2.04. The van der Waals surface area contributed by atoms with Gasteiger partial charge in [0.2, 0.25) is 0 Å². The molecule has 0 atom stereocenters. The molecular weight excluding hydrogens is 292 g/mol. The normalized spacial score (nSPS) is 12.6. The van der Waals surface area contributed by atoms with E-state index in [4.69, 9.17) is 22.3 Å². The van der Waals surface area contributed by atoms with E-state index in [1.54, 1.807) is 0 Å². The first-order chi connectivity index (χ1) is 7.09. The highest BCUT2D eigenvalue weighted by Gasteiger charge is 2.33. The Morgan fingerprint density at radius 3 is 2.25 bits per heavy atom. The molecule has 1 aromatic carbocycles. The van der Waals surface area contributed by atoms with Crippen LogP contribution >= 0.6 is 22.3 Å². The molecule has 0 heterocycles. The fourth-order valence-corrected chi connectivity index (χ4v) is 2.10. The molecule has 0 aliphatic rings.